The Labute approximate surface area is 69.9 Å². The van der Waals surface area contributed by atoms with E-state index in [1.165, 1.54) is 0 Å². The third kappa shape index (κ3) is 11.5. The van der Waals surface area contributed by atoms with Crippen molar-refractivity contribution in [3.8, 4) is 5.92 Å². The molecular weight excluding hydrogens is 103 g/mol. The second kappa shape index (κ2) is 10.8. The maximum absolute atomic E-state index is 6.55. The zero-order chi connectivity index (χ0) is 6.24. The Bertz CT molecular complexity index is 97.6. The van der Waals surface area contributed by atoms with Gasteiger partial charge in [-0.05, 0) is 19.3 Å². The third-order valence-electron chi connectivity index (χ3n) is 0.838. The van der Waals surface area contributed by atoms with Crippen LogP contribution in [0.25, 0.3) is 0 Å². The van der Waals surface area contributed by atoms with Gasteiger partial charge in [0.2, 0.25) is 0 Å². The van der Waals surface area contributed by atoms with Crippen molar-refractivity contribution in [3.05, 3.63) is 18.6 Å². The molecule has 0 aliphatic carbocycles. The van der Waals surface area contributed by atoms with E-state index in [4.69, 9.17) is 6.42 Å². The molecule has 0 heterocycles. The van der Waals surface area contributed by atoms with E-state index in [1.54, 1.807) is 0 Å². The molecule has 0 saturated heterocycles. The fraction of sp³-hybridized carbons (Fsp3) is 0.500. The second-order valence-corrected chi connectivity index (χ2v) is 1.60. The Morgan fingerprint density at radius 3 is 2.56 bits per heavy atom. The van der Waals surface area contributed by atoms with Gasteiger partial charge in [-0.25, -0.2) is 0 Å². The van der Waals surface area contributed by atoms with Crippen molar-refractivity contribution in [2.75, 3.05) is 0 Å². The number of hydrogen-bond donors (Lipinski definition) is 0. The van der Waals surface area contributed by atoms with Crippen LogP contribution in [0.5, 0.6) is 0 Å². The summed E-state index contributed by atoms with van der Waals surface area (Å²) in [4.78, 5) is 0. The van der Waals surface area contributed by atoms with Crippen LogP contribution in [0.4, 0.5) is 0 Å². The van der Waals surface area contributed by atoms with Gasteiger partial charge in [0.15, 0.2) is 0 Å². The first kappa shape index (κ1) is 11.7. The predicted octanol–water partition coefficient (Wildman–Crippen LogP) is 1.67. The molecule has 0 N–H and O–H groups in total. The molecule has 0 nitrogen and oxygen atoms in total. The maximum atomic E-state index is 6.55. The standard InChI is InChI=1S/C8H11.Li.H/c1-3-5-7-8-6-4-2;;/h5,7H,3,6,8H2,1H3;;/b7-5-;;. The van der Waals surface area contributed by atoms with Crippen molar-refractivity contribution >= 4 is 18.9 Å². The van der Waals surface area contributed by atoms with Crippen LogP contribution < -0.4 is 0 Å². The number of rotatable bonds is 3. The Kier molecular flexibility index (Phi) is 14.0. The minimum absolute atomic E-state index is 0. The molecule has 1 heteroatoms. The van der Waals surface area contributed by atoms with Crippen LogP contribution in [0.2, 0.25) is 0 Å². The predicted molar refractivity (Wildman–Crippen MR) is 42.9 cm³/mol. The van der Waals surface area contributed by atoms with Gasteiger partial charge in [-0.2, -0.15) is 0 Å². The zero-order valence-electron chi connectivity index (χ0n) is 5.28. The molecule has 0 rings (SSSR count). The summed E-state index contributed by atoms with van der Waals surface area (Å²) in [6, 6.07) is 0. The molecule has 9 heavy (non-hydrogen) atoms. The van der Waals surface area contributed by atoms with Crippen LogP contribution in [-0.4, -0.2) is 18.9 Å². The minimum atomic E-state index is 0. The number of allylic oxidation sites excluding steroid dienone is 2. The number of unbranched alkanes of at least 4 members (excludes halogenated alkanes) is 1. The molecule has 0 aliphatic heterocycles. The summed E-state index contributed by atoms with van der Waals surface area (Å²) in [6.45, 7) is 2.10. The molecule has 0 saturated carbocycles. The van der Waals surface area contributed by atoms with Gasteiger partial charge in [-0.1, -0.05) is 25.0 Å². The van der Waals surface area contributed by atoms with E-state index in [2.05, 4.69) is 25.0 Å². The Morgan fingerprint density at radius 2 is 2.11 bits per heavy atom. The first-order valence-electron chi connectivity index (χ1n) is 2.96. The molecule has 0 aliphatic rings. The third-order valence-corrected chi connectivity index (χ3v) is 0.838. The summed E-state index contributed by atoms with van der Waals surface area (Å²) in [5.41, 5.74) is 0. The van der Waals surface area contributed by atoms with Crippen LogP contribution in [0, 0.1) is 12.3 Å². The molecular formula is C8H12Li. The van der Waals surface area contributed by atoms with E-state index in [1.807, 2.05) is 0 Å². The molecule has 1 radical (unpaired) electrons. The molecule has 0 fully saturated rings. The van der Waals surface area contributed by atoms with Crippen LogP contribution >= 0.6 is 0 Å². The van der Waals surface area contributed by atoms with Gasteiger partial charge < -0.3 is 0 Å². The van der Waals surface area contributed by atoms with Crippen LogP contribution in [0.1, 0.15) is 26.2 Å². The van der Waals surface area contributed by atoms with Gasteiger partial charge in [0, 0.05) is 6.42 Å². The average molecular weight is 115 g/mol. The summed E-state index contributed by atoms with van der Waals surface area (Å²) in [6.07, 6.45) is 13.6. The second-order valence-electron chi connectivity index (χ2n) is 1.60. The van der Waals surface area contributed by atoms with Crippen molar-refractivity contribution in [1.82, 2.24) is 0 Å². The van der Waals surface area contributed by atoms with Crippen molar-refractivity contribution in [3.63, 3.8) is 0 Å². The molecule has 45 valence electrons. The van der Waals surface area contributed by atoms with Gasteiger partial charge >= 0.3 is 18.9 Å². The van der Waals surface area contributed by atoms with Crippen molar-refractivity contribution in [2.45, 2.75) is 26.2 Å². The van der Waals surface area contributed by atoms with Gasteiger partial charge in [-0.15, -0.1) is 0 Å². The molecule has 0 amide bonds. The summed E-state index contributed by atoms with van der Waals surface area (Å²) >= 11 is 0. The van der Waals surface area contributed by atoms with E-state index in [9.17, 15) is 0 Å². The van der Waals surface area contributed by atoms with E-state index < -0.39 is 0 Å². The first-order chi connectivity index (χ1) is 3.91. The fourth-order valence-electron chi connectivity index (χ4n) is 0.440. The SMILES string of the molecule is [C]#CCC/C=C\CC.[LiH]. The molecule has 0 aromatic heterocycles. The molecule has 0 aromatic rings. The van der Waals surface area contributed by atoms with Crippen molar-refractivity contribution in [1.29, 1.82) is 0 Å². The van der Waals surface area contributed by atoms with Crippen LogP contribution in [0.15, 0.2) is 12.2 Å². The Balaban J connectivity index is 0. The Morgan fingerprint density at radius 1 is 1.44 bits per heavy atom. The molecule has 0 aromatic carbocycles. The summed E-state index contributed by atoms with van der Waals surface area (Å²) in [7, 11) is 0. The van der Waals surface area contributed by atoms with E-state index >= 15 is 0 Å². The molecule has 0 unspecified atom stereocenters. The van der Waals surface area contributed by atoms with Gasteiger partial charge in [0.1, 0.15) is 0 Å². The van der Waals surface area contributed by atoms with E-state index in [0.29, 0.717) is 0 Å². The van der Waals surface area contributed by atoms with E-state index in [-0.39, 0.29) is 18.9 Å². The zero-order valence-corrected chi connectivity index (χ0v) is 5.28. The van der Waals surface area contributed by atoms with Crippen LogP contribution in [0.3, 0.4) is 0 Å². The van der Waals surface area contributed by atoms with Gasteiger partial charge in [0.05, 0.1) is 0 Å². The van der Waals surface area contributed by atoms with Gasteiger partial charge in [-0.3, -0.25) is 0 Å². The van der Waals surface area contributed by atoms with Gasteiger partial charge in [0.25, 0.3) is 0 Å². The number of hydrogen-bond acceptors (Lipinski definition) is 0. The first-order valence-corrected chi connectivity index (χ1v) is 2.96. The van der Waals surface area contributed by atoms with Crippen molar-refractivity contribution in [2.24, 2.45) is 0 Å². The quantitative estimate of drug-likeness (QED) is 0.227. The summed E-state index contributed by atoms with van der Waals surface area (Å²) in [5.74, 6) is 2.33. The summed E-state index contributed by atoms with van der Waals surface area (Å²) < 4.78 is 0. The normalized spacial score (nSPS) is 8.44. The van der Waals surface area contributed by atoms with E-state index in [0.717, 1.165) is 19.3 Å². The average Bonchev–Trinajstić information content (AvgIpc) is 1.81. The summed E-state index contributed by atoms with van der Waals surface area (Å²) in [5, 5.41) is 0. The molecule has 0 spiro atoms. The molecule has 0 atom stereocenters. The topological polar surface area (TPSA) is 0 Å². The van der Waals surface area contributed by atoms with Crippen LogP contribution in [-0.2, 0) is 0 Å². The monoisotopic (exact) mass is 115 g/mol. The molecule has 0 bridgehead atoms. The fourth-order valence-corrected chi connectivity index (χ4v) is 0.440. The Hall–Kier alpha value is -0.103. The van der Waals surface area contributed by atoms with Crippen molar-refractivity contribution < 1.29 is 0 Å².